The third kappa shape index (κ3) is 3.88. The molecule has 1 saturated heterocycles. The van der Waals surface area contributed by atoms with E-state index in [1.165, 1.54) is 7.11 Å². The van der Waals surface area contributed by atoms with Crippen LogP contribution < -0.4 is 0 Å². The first-order valence-corrected chi connectivity index (χ1v) is 14.8. The Morgan fingerprint density at radius 3 is 2.50 bits per heavy atom. The number of aliphatic hydroxyl groups excluding tert-OH is 2. The lowest BCUT2D eigenvalue weighted by molar-refractivity contribution is -0.313. The molecule has 0 radical (unpaired) electrons. The van der Waals surface area contributed by atoms with Crippen LogP contribution in [0.5, 0.6) is 0 Å². The number of fused-ring (bicyclic) bond motifs is 5. The highest BCUT2D eigenvalue weighted by Crippen LogP contribution is 2.70. The van der Waals surface area contributed by atoms with E-state index in [-0.39, 0.29) is 34.7 Å². The lowest BCUT2D eigenvalue weighted by Gasteiger charge is -2.64. The van der Waals surface area contributed by atoms with Crippen molar-refractivity contribution >= 4 is 5.97 Å². The average molecular weight is 535 g/mol. The second-order valence-electron chi connectivity index (χ2n) is 13.7. The Balaban J connectivity index is 1.16. The van der Waals surface area contributed by atoms with Crippen molar-refractivity contribution in [2.45, 2.75) is 121 Å². The van der Waals surface area contributed by atoms with Crippen molar-refractivity contribution < 1.29 is 39.1 Å². The first-order chi connectivity index (χ1) is 18.0. The quantitative estimate of drug-likeness (QED) is 0.372. The standard InChI is InChI=1S/C30H46O8/c1-16-24(32)26(35-4)25(33)27(37-16)38-19-7-10-28(2)18(14-19)5-6-22-21(28)8-11-29(3)20(9-12-30(22,29)34)17-13-23(31)36-15-17/h13,16,18-22,24-27,32-34H,5-12,14-15H2,1-4H3/t16-,18-,19-,20-,21+,22-,24+,25+,26+,27+,28+,29-,30-/m1/s1. The SMILES string of the molecule is CO[C@@H]1[C@H](O)[C@H](O[C@@H]2CC[C@@]3(C)[C@H](CC[C@@H]4[C@@H]3CC[C@]3(C)[C@@H](C5=CC(=O)OC5)CC[C@@]43O)C2)O[C@H](C)[C@@H]1O. The maximum Gasteiger partial charge on any atom is 0.331 e. The summed E-state index contributed by atoms with van der Waals surface area (Å²) >= 11 is 0. The maximum absolute atomic E-state index is 12.4. The molecule has 4 aliphatic carbocycles. The van der Waals surface area contributed by atoms with Gasteiger partial charge in [-0.25, -0.2) is 4.79 Å². The molecule has 0 aromatic heterocycles. The molecular weight excluding hydrogens is 488 g/mol. The zero-order chi connectivity index (χ0) is 27.0. The van der Waals surface area contributed by atoms with Crippen LogP contribution in [0.4, 0.5) is 0 Å². The van der Waals surface area contributed by atoms with Crippen LogP contribution in [0.3, 0.4) is 0 Å². The molecule has 2 aliphatic heterocycles. The third-order valence-electron chi connectivity index (χ3n) is 12.3. The lowest BCUT2D eigenvalue weighted by atomic mass is 9.43. The number of ether oxygens (including phenoxy) is 4. The number of hydrogen-bond donors (Lipinski definition) is 3. The minimum Gasteiger partial charge on any atom is -0.458 e. The van der Waals surface area contributed by atoms with Gasteiger partial charge in [0.15, 0.2) is 6.29 Å². The van der Waals surface area contributed by atoms with E-state index in [2.05, 4.69) is 13.8 Å². The fourth-order valence-electron chi connectivity index (χ4n) is 10.1. The van der Waals surface area contributed by atoms with Crippen LogP contribution in [0.2, 0.25) is 0 Å². The Labute approximate surface area is 226 Å². The van der Waals surface area contributed by atoms with Gasteiger partial charge in [0.25, 0.3) is 0 Å². The summed E-state index contributed by atoms with van der Waals surface area (Å²) in [6, 6.07) is 0. The van der Waals surface area contributed by atoms with E-state index in [4.69, 9.17) is 18.9 Å². The molecule has 0 amide bonds. The Hall–Kier alpha value is -1.03. The van der Waals surface area contributed by atoms with Crippen molar-refractivity contribution in [1.29, 1.82) is 0 Å². The van der Waals surface area contributed by atoms with Gasteiger partial charge in [0.2, 0.25) is 0 Å². The van der Waals surface area contributed by atoms with Crippen LogP contribution in [0.15, 0.2) is 11.6 Å². The van der Waals surface area contributed by atoms with Gasteiger partial charge < -0.3 is 34.3 Å². The fraction of sp³-hybridized carbons (Fsp3) is 0.900. The highest BCUT2D eigenvalue weighted by atomic mass is 16.7. The van der Waals surface area contributed by atoms with Gasteiger partial charge in [-0.15, -0.1) is 0 Å². The van der Waals surface area contributed by atoms with Crippen molar-refractivity contribution in [3.63, 3.8) is 0 Å². The largest absolute Gasteiger partial charge is 0.458 e. The van der Waals surface area contributed by atoms with E-state index in [9.17, 15) is 20.1 Å². The van der Waals surface area contributed by atoms with Crippen molar-refractivity contribution in [3.05, 3.63) is 11.6 Å². The van der Waals surface area contributed by atoms with Crippen LogP contribution in [0.1, 0.15) is 78.6 Å². The van der Waals surface area contributed by atoms with Crippen molar-refractivity contribution in [3.8, 4) is 0 Å². The van der Waals surface area contributed by atoms with Gasteiger partial charge in [-0.3, -0.25) is 0 Å². The molecule has 38 heavy (non-hydrogen) atoms. The predicted molar refractivity (Wildman–Crippen MR) is 138 cm³/mol. The molecule has 13 atom stereocenters. The van der Waals surface area contributed by atoms with Crippen LogP contribution in [0.25, 0.3) is 0 Å². The number of methoxy groups -OCH3 is 1. The molecule has 6 rings (SSSR count). The number of aliphatic hydroxyl groups is 3. The van der Waals surface area contributed by atoms with Crippen LogP contribution >= 0.6 is 0 Å². The van der Waals surface area contributed by atoms with Gasteiger partial charge in [-0.1, -0.05) is 13.8 Å². The van der Waals surface area contributed by atoms with Crippen molar-refractivity contribution in [2.24, 2.45) is 34.5 Å². The third-order valence-corrected chi connectivity index (χ3v) is 12.3. The summed E-state index contributed by atoms with van der Waals surface area (Å²) in [6.45, 7) is 6.87. The summed E-state index contributed by atoms with van der Waals surface area (Å²) in [5.41, 5.74) is 0.300. The summed E-state index contributed by atoms with van der Waals surface area (Å²) in [5, 5.41) is 33.5. The fourth-order valence-corrected chi connectivity index (χ4v) is 10.1. The van der Waals surface area contributed by atoms with Gasteiger partial charge in [-0.2, -0.15) is 0 Å². The van der Waals surface area contributed by atoms with Gasteiger partial charge in [0.05, 0.1) is 17.8 Å². The van der Waals surface area contributed by atoms with E-state index < -0.39 is 36.3 Å². The second kappa shape index (κ2) is 9.52. The van der Waals surface area contributed by atoms with E-state index in [1.54, 1.807) is 13.0 Å². The minimum atomic E-state index is -1.04. The monoisotopic (exact) mass is 534 g/mol. The molecule has 214 valence electrons. The molecule has 3 N–H and O–H groups in total. The zero-order valence-corrected chi connectivity index (χ0v) is 23.3. The predicted octanol–water partition coefficient (Wildman–Crippen LogP) is 3.11. The van der Waals surface area contributed by atoms with Crippen LogP contribution in [-0.4, -0.2) is 77.4 Å². The van der Waals surface area contributed by atoms with E-state index >= 15 is 0 Å². The summed E-state index contributed by atoms with van der Waals surface area (Å²) in [4.78, 5) is 11.8. The highest BCUT2D eigenvalue weighted by Gasteiger charge is 2.67. The lowest BCUT2D eigenvalue weighted by Crippen LogP contribution is -2.62. The van der Waals surface area contributed by atoms with E-state index in [0.29, 0.717) is 18.4 Å². The molecule has 6 aliphatic rings. The topological polar surface area (TPSA) is 115 Å². The molecule has 0 unspecified atom stereocenters. The number of carbonyl (C=O) groups excluding carboxylic acids is 1. The van der Waals surface area contributed by atoms with E-state index in [0.717, 1.165) is 63.4 Å². The van der Waals surface area contributed by atoms with Crippen LogP contribution in [-0.2, 0) is 23.7 Å². The molecule has 8 nitrogen and oxygen atoms in total. The number of carbonyl (C=O) groups is 1. The van der Waals surface area contributed by atoms with Crippen molar-refractivity contribution in [2.75, 3.05) is 13.7 Å². The Kier molecular flexibility index (Phi) is 6.80. The maximum atomic E-state index is 12.4. The van der Waals surface area contributed by atoms with Gasteiger partial charge in [0, 0.05) is 18.6 Å². The smallest absolute Gasteiger partial charge is 0.331 e. The van der Waals surface area contributed by atoms with E-state index in [1.807, 2.05) is 0 Å². The van der Waals surface area contributed by atoms with Gasteiger partial charge in [0.1, 0.15) is 24.9 Å². The molecule has 8 heteroatoms. The summed E-state index contributed by atoms with van der Waals surface area (Å²) in [7, 11) is 1.49. The number of rotatable bonds is 4. The molecule has 5 fully saturated rings. The number of hydrogen-bond acceptors (Lipinski definition) is 8. The van der Waals surface area contributed by atoms with Gasteiger partial charge >= 0.3 is 5.97 Å². The first kappa shape index (κ1) is 27.2. The minimum absolute atomic E-state index is 0.0103. The Morgan fingerprint density at radius 2 is 1.79 bits per heavy atom. The molecule has 0 aromatic rings. The molecule has 0 spiro atoms. The molecule has 0 aromatic carbocycles. The Bertz CT molecular complexity index is 968. The zero-order valence-electron chi connectivity index (χ0n) is 23.3. The molecule has 2 heterocycles. The molecule has 4 saturated carbocycles. The van der Waals surface area contributed by atoms with Gasteiger partial charge in [-0.05, 0) is 99.4 Å². The average Bonchev–Trinajstić information content (AvgIpc) is 3.43. The second-order valence-corrected chi connectivity index (χ2v) is 13.7. The highest BCUT2D eigenvalue weighted by molar-refractivity contribution is 5.85. The number of esters is 1. The summed E-state index contributed by atoms with van der Waals surface area (Å²) in [6.07, 6.45) is 6.45. The molecular formula is C30H46O8. The number of cyclic esters (lactones) is 1. The first-order valence-electron chi connectivity index (χ1n) is 14.8. The normalized spacial score (nSPS) is 54.5. The van der Waals surface area contributed by atoms with Crippen molar-refractivity contribution in [1.82, 2.24) is 0 Å². The summed E-state index contributed by atoms with van der Waals surface area (Å²) in [5.74, 6) is 1.22. The summed E-state index contributed by atoms with van der Waals surface area (Å²) < 4.78 is 22.8. The van der Waals surface area contributed by atoms with Crippen LogP contribution in [0, 0.1) is 34.5 Å². The Morgan fingerprint density at radius 1 is 1.00 bits per heavy atom. The molecule has 0 bridgehead atoms.